The molecule has 1 aromatic rings. The van der Waals surface area contributed by atoms with Crippen molar-refractivity contribution in [3.63, 3.8) is 0 Å². The maximum atomic E-state index is 11.3. The summed E-state index contributed by atoms with van der Waals surface area (Å²) in [5, 5.41) is 9.18. The number of carbonyl (C=O) groups is 1. The first kappa shape index (κ1) is 7.30. The van der Waals surface area contributed by atoms with E-state index in [1.54, 1.807) is 0 Å². The van der Waals surface area contributed by atoms with Gasteiger partial charge >= 0.3 is 0 Å². The number of nitrogens with zero attached hydrogens (tertiary/aromatic N) is 1. The molecule has 0 unspecified atom stereocenters. The fraction of sp³-hybridized carbons (Fsp3) is 0.429. The minimum Gasteiger partial charge on any atom is -0.363 e. The van der Waals surface area contributed by atoms with Crippen LogP contribution in [0.4, 0.5) is 5.69 Å². The molecule has 0 radical (unpaired) electrons. The van der Waals surface area contributed by atoms with E-state index in [2.05, 4.69) is 20.3 Å². The summed E-state index contributed by atoms with van der Waals surface area (Å²) in [6, 6.07) is 0. The summed E-state index contributed by atoms with van der Waals surface area (Å²) in [4.78, 5) is 11.3. The third-order valence-corrected chi connectivity index (χ3v) is 1.85. The third kappa shape index (κ3) is 1.31. The van der Waals surface area contributed by atoms with Gasteiger partial charge in [0.15, 0.2) is 0 Å². The Hall–Kier alpha value is -1.36. The quantitative estimate of drug-likeness (QED) is 0.641. The molecule has 1 amide bonds. The van der Waals surface area contributed by atoms with Gasteiger partial charge in [-0.3, -0.25) is 4.79 Å². The van der Waals surface area contributed by atoms with Crippen LogP contribution in [-0.4, -0.2) is 24.2 Å². The lowest BCUT2D eigenvalue weighted by molar-refractivity contribution is -0.121. The van der Waals surface area contributed by atoms with E-state index in [1.165, 1.54) is 12.5 Å². The first-order valence-corrected chi connectivity index (χ1v) is 3.77. The average Bonchev–Trinajstić information content (AvgIpc) is 2.34. The standard InChI is InChI=1S/C7H9N3O2/c11-7(5-1-8-2-5)10-6-3-9-12-4-6/h3-5,8H,1-2H2,(H,10,11). The highest BCUT2D eigenvalue weighted by molar-refractivity contribution is 5.93. The molecule has 1 aliphatic rings. The summed E-state index contributed by atoms with van der Waals surface area (Å²) < 4.78 is 4.57. The monoisotopic (exact) mass is 167 g/mol. The van der Waals surface area contributed by atoms with Crippen LogP contribution in [-0.2, 0) is 4.79 Å². The Bertz CT molecular complexity index is 266. The van der Waals surface area contributed by atoms with Gasteiger partial charge < -0.3 is 15.2 Å². The van der Waals surface area contributed by atoms with Crippen LogP contribution in [0.25, 0.3) is 0 Å². The second-order valence-corrected chi connectivity index (χ2v) is 2.76. The first-order chi connectivity index (χ1) is 5.86. The van der Waals surface area contributed by atoms with Gasteiger partial charge in [0.25, 0.3) is 0 Å². The van der Waals surface area contributed by atoms with E-state index in [0.717, 1.165) is 13.1 Å². The molecule has 1 saturated heterocycles. The molecule has 5 nitrogen and oxygen atoms in total. The predicted molar refractivity (Wildman–Crippen MR) is 41.5 cm³/mol. The molecule has 64 valence electrons. The lowest BCUT2D eigenvalue weighted by Gasteiger charge is -2.25. The van der Waals surface area contributed by atoms with Gasteiger partial charge in [-0.2, -0.15) is 0 Å². The summed E-state index contributed by atoms with van der Waals surface area (Å²) in [7, 11) is 0. The van der Waals surface area contributed by atoms with Crippen molar-refractivity contribution < 1.29 is 9.32 Å². The van der Waals surface area contributed by atoms with Gasteiger partial charge in [-0.15, -0.1) is 0 Å². The smallest absolute Gasteiger partial charge is 0.230 e. The normalized spacial score (nSPS) is 17.0. The summed E-state index contributed by atoms with van der Waals surface area (Å²) in [5.74, 6) is 0.122. The largest absolute Gasteiger partial charge is 0.363 e. The molecule has 1 aromatic heterocycles. The summed E-state index contributed by atoms with van der Waals surface area (Å²) in [6.07, 6.45) is 2.88. The van der Waals surface area contributed by atoms with Crippen LogP contribution in [0.2, 0.25) is 0 Å². The molecule has 5 heteroatoms. The number of hydrogen-bond donors (Lipinski definition) is 2. The summed E-state index contributed by atoms with van der Waals surface area (Å²) in [6.45, 7) is 1.52. The van der Waals surface area contributed by atoms with Crippen molar-refractivity contribution in [1.82, 2.24) is 10.5 Å². The fourth-order valence-corrected chi connectivity index (χ4v) is 0.985. The molecule has 12 heavy (non-hydrogen) atoms. The van der Waals surface area contributed by atoms with Crippen LogP contribution in [0.1, 0.15) is 0 Å². The van der Waals surface area contributed by atoms with Crippen LogP contribution < -0.4 is 10.6 Å². The van der Waals surface area contributed by atoms with Crippen molar-refractivity contribution in [3.05, 3.63) is 12.5 Å². The van der Waals surface area contributed by atoms with Gasteiger partial charge in [0.2, 0.25) is 5.91 Å². The van der Waals surface area contributed by atoms with Crippen LogP contribution >= 0.6 is 0 Å². The second kappa shape index (κ2) is 2.94. The van der Waals surface area contributed by atoms with Crippen molar-refractivity contribution >= 4 is 11.6 Å². The molecule has 2 N–H and O–H groups in total. The molecule has 1 fully saturated rings. The van der Waals surface area contributed by atoms with Crippen molar-refractivity contribution in [3.8, 4) is 0 Å². The van der Waals surface area contributed by atoms with E-state index >= 15 is 0 Å². The van der Waals surface area contributed by atoms with Gasteiger partial charge in [-0.1, -0.05) is 5.16 Å². The lowest BCUT2D eigenvalue weighted by Crippen LogP contribution is -2.48. The molecule has 0 spiro atoms. The first-order valence-electron chi connectivity index (χ1n) is 3.77. The molecule has 2 rings (SSSR count). The van der Waals surface area contributed by atoms with E-state index in [1.807, 2.05) is 0 Å². The highest BCUT2D eigenvalue weighted by Gasteiger charge is 2.24. The van der Waals surface area contributed by atoms with Crippen LogP contribution in [0.15, 0.2) is 17.0 Å². The van der Waals surface area contributed by atoms with E-state index in [-0.39, 0.29) is 11.8 Å². The zero-order chi connectivity index (χ0) is 8.39. The Morgan fingerprint density at radius 3 is 3.08 bits per heavy atom. The Morgan fingerprint density at radius 1 is 1.75 bits per heavy atom. The Kier molecular flexibility index (Phi) is 1.79. The van der Waals surface area contributed by atoms with E-state index in [9.17, 15) is 4.79 Å². The SMILES string of the molecule is O=C(Nc1cnoc1)C1CNC1. The molecule has 1 aliphatic heterocycles. The number of nitrogens with one attached hydrogen (secondary N) is 2. The van der Waals surface area contributed by atoms with E-state index < -0.39 is 0 Å². The van der Waals surface area contributed by atoms with Gasteiger partial charge in [-0.25, -0.2) is 0 Å². The number of aromatic nitrogens is 1. The van der Waals surface area contributed by atoms with Gasteiger partial charge in [0.1, 0.15) is 12.0 Å². The predicted octanol–water partition coefficient (Wildman–Crippen LogP) is -0.168. The Balaban J connectivity index is 1.90. The summed E-state index contributed by atoms with van der Waals surface area (Å²) in [5.41, 5.74) is 0.617. The average molecular weight is 167 g/mol. The Labute approximate surface area is 69.1 Å². The fourth-order valence-electron chi connectivity index (χ4n) is 0.985. The van der Waals surface area contributed by atoms with Gasteiger partial charge in [0.05, 0.1) is 12.1 Å². The second-order valence-electron chi connectivity index (χ2n) is 2.76. The topological polar surface area (TPSA) is 67.2 Å². The number of amides is 1. The van der Waals surface area contributed by atoms with E-state index in [4.69, 9.17) is 0 Å². The highest BCUT2D eigenvalue weighted by Crippen LogP contribution is 2.09. The van der Waals surface area contributed by atoms with E-state index in [0.29, 0.717) is 5.69 Å². The minimum atomic E-state index is 0.0250. The molecule has 0 aliphatic carbocycles. The molecule has 0 saturated carbocycles. The molecule has 0 atom stereocenters. The summed E-state index contributed by atoms with van der Waals surface area (Å²) >= 11 is 0. The van der Waals surface area contributed by atoms with Crippen molar-refractivity contribution in [1.29, 1.82) is 0 Å². The zero-order valence-corrected chi connectivity index (χ0v) is 6.41. The molecule has 0 bridgehead atoms. The Morgan fingerprint density at radius 2 is 2.58 bits per heavy atom. The molecule has 2 heterocycles. The van der Waals surface area contributed by atoms with Crippen LogP contribution in [0.5, 0.6) is 0 Å². The van der Waals surface area contributed by atoms with Crippen LogP contribution in [0, 0.1) is 5.92 Å². The highest BCUT2D eigenvalue weighted by atomic mass is 16.5. The van der Waals surface area contributed by atoms with Crippen molar-refractivity contribution in [2.24, 2.45) is 5.92 Å². The minimum absolute atomic E-state index is 0.0250. The molecule has 0 aromatic carbocycles. The molecular weight excluding hydrogens is 158 g/mol. The lowest BCUT2D eigenvalue weighted by atomic mass is 10.0. The zero-order valence-electron chi connectivity index (χ0n) is 6.41. The maximum absolute atomic E-state index is 11.3. The van der Waals surface area contributed by atoms with Crippen LogP contribution in [0.3, 0.4) is 0 Å². The van der Waals surface area contributed by atoms with Crippen molar-refractivity contribution in [2.45, 2.75) is 0 Å². The number of hydrogen-bond acceptors (Lipinski definition) is 4. The number of anilines is 1. The third-order valence-electron chi connectivity index (χ3n) is 1.85. The van der Waals surface area contributed by atoms with Gasteiger partial charge in [-0.05, 0) is 0 Å². The maximum Gasteiger partial charge on any atom is 0.230 e. The number of rotatable bonds is 2. The molecular formula is C7H9N3O2. The van der Waals surface area contributed by atoms with Crippen molar-refractivity contribution in [2.75, 3.05) is 18.4 Å². The van der Waals surface area contributed by atoms with Gasteiger partial charge in [0, 0.05) is 13.1 Å². The number of carbonyl (C=O) groups excluding carboxylic acids is 1.